The molecule has 3 aromatic rings. The molecule has 11 aliphatic carbocycles. The normalized spacial score (nSPS) is 41.7. The first kappa shape index (κ1) is 56.8. The molecular weight excluding hydrogens is 1060 g/mol. The zero-order valence-corrected chi connectivity index (χ0v) is 52.9. The van der Waals surface area contributed by atoms with Gasteiger partial charge >= 0.3 is 5.97 Å². The molecule has 0 unspecified atom stereocenters. The lowest BCUT2D eigenvalue weighted by atomic mass is 9.30. The number of benzene rings is 3. The lowest BCUT2D eigenvalue weighted by Crippen LogP contribution is -2.68. The fraction of sp³-hybridized carbons (Fsp3) is 0.568. The van der Waals surface area contributed by atoms with Gasteiger partial charge in [0.05, 0.1) is 23.9 Å². The fourth-order valence-electron chi connectivity index (χ4n) is 25.2. The highest BCUT2D eigenvalue weighted by Gasteiger charge is 2.81. The number of aliphatic hydroxyl groups is 2. The van der Waals surface area contributed by atoms with Crippen LogP contribution in [0, 0.1) is 99.1 Å². The van der Waals surface area contributed by atoms with E-state index >= 15 is 4.79 Å². The fourth-order valence-corrected chi connectivity index (χ4v) is 25.2. The molecule has 5 saturated carbocycles. The van der Waals surface area contributed by atoms with E-state index in [4.69, 9.17) is 6.58 Å². The maximum absolute atomic E-state index is 15.1. The van der Waals surface area contributed by atoms with Gasteiger partial charge in [-0.15, -0.1) is 0 Å². The Bertz CT molecular complexity index is 3680. The SMILES string of the molecule is C=C1CC[C@@H](C(=O)O)[C@@]23C=C[C@H]4[C@@H](CC[C@]45CC[C@H](Cc4cc(C)cc(C)c4)C5)[C@]4(C[C@H]2O)C2=C(CC[C@]34C)[C@]34CC[C@H](O)[C@@]5(C)CC=C[C@@](C=C6C(=c7ccccc7=C[C@H]63)Cc3cccc(c3)C3=CC=C(NCCC[C@H]1C1CCCCC1)NC3)(C2)[C@@H]54. The van der Waals surface area contributed by atoms with Crippen LogP contribution in [0.25, 0.3) is 17.2 Å². The van der Waals surface area contributed by atoms with E-state index in [1.807, 2.05) is 0 Å². The molecule has 5 fully saturated rings. The van der Waals surface area contributed by atoms with E-state index in [9.17, 15) is 15.3 Å². The van der Waals surface area contributed by atoms with Crippen LogP contribution in [0.4, 0.5) is 0 Å². The van der Waals surface area contributed by atoms with Crippen LogP contribution in [0.15, 0.2) is 144 Å². The van der Waals surface area contributed by atoms with E-state index in [0.29, 0.717) is 42.9 Å². The van der Waals surface area contributed by atoms with E-state index in [1.165, 1.54) is 118 Å². The third-order valence-corrected chi connectivity index (χ3v) is 28.3. The minimum Gasteiger partial charge on any atom is -0.481 e. The molecule has 17 aliphatic rings. The number of rotatable bonds is 4. The summed E-state index contributed by atoms with van der Waals surface area (Å²) in [5.74, 6) is 1.97. The van der Waals surface area contributed by atoms with Crippen molar-refractivity contribution in [3.63, 3.8) is 0 Å². The standard InChI is InChI=1S/C81H98N2O4/c1-50-38-51(2)40-55(39-50)41-54-25-33-77(45-54)34-27-66-64(77)28-36-80-67(73(86)87)23-21-52(3)60(56-15-7-6-8-16-56)20-12-37-82-72-24-22-59(49-83-72)57-18-11-14-53(42-57)43-62-61-19-10-9-17-58(61)44-68-63(62)46-78-31-13-30-75(4)70(84)29-35-79(68,74(75)78)65-26-32-76(80,5)81(66,48-71(80)85)69(65)47-78/h9-11,13-14,17-19,22,24,28,31,36,38-40,42,44,46,54,56,60,64,66-68,70-71,74,82-85H,3,6-8,12,15-16,20-21,23,25-27,29-30,32-35,37,41,43,45,47-49H2,1-2,4-5H3,(H,86,87)/t54-,60-,64+,66-,67+,68-,70+,71-,74-,75-,76-,77+,78-,79-,80+,81-/m1/s1. The molecule has 0 aromatic heterocycles. The van der Waals surface area contributed by atoms with E-state index in [-0.39, 0.29) is 39.4 Å². The number of aliphatic carboxylic acids is 1. The minimum absolute atomic E-state index is 0.106. The average molecular weight is 1160 g/mol. The summed E-state index contributed by atoms with van der Waals surface area (Å²) < 4.78 is 0. The highest BCUT2D eigenvalue weighted by atomic mass is 16.4. The number of aryl methyl sites for hydroxylation is 2. The quantitative estimate of drug-likeness (QED) is 0.167. The Labute approximate surface area is 519 Å². The summed E-state index contributed by atoms with van der Waals surface area (Å²) in [4.78, 5) is 15.1. The Kier molecular flexibility index (Phi) is 13.4. The zero-order valence-electron chi connectivity index (χ0n) is 52.9. The topological polar surface area (TPSA) is 102 Å². The van der Waals surface area contributed by atoms with Crippen LogP contribution in [0.2, 0.25) is 0 Å². The lowest BCUT2D eigenvalue weighted by molar-refractivity contribution is -0.168. The number of carboxylic acid groups (broad SMARTS) is 1. The molecular formula is C81H98N2O4. The smallest absolute Gasteiger partial charge is 0.307 e. The van der Waals surface area contributed by atoms with Gasteiger partial charge in [-0.05, 0) is 239 Å². The second-order valence-corrected chi connectivity index (χ2v) is 32.0. The molecule has 6 nitrogen and oxygen atoms in total. The summed E-state index contributed by atoms with van der Waals surface area (Å²) in [6.45, 7) is 16.2. The third-order valence-electron chi connectivity index (χ3n) is 28.3. The molecule has 5 N–H and O–H groups in total. The van der Waals surface area contributed by atoms with Gasteiger partial charge in [-0.25, -0.2) is 0 Å². The highest BCUT2D eigenvalue weighted by Crippen LogP contribution is 2.86. The van der Waals surface area contributed by atoms with Crippen LogP contribution in [0.5, 0.6) is 0 Å². The minimum atomic E-state index is -0.974. The van der Waals surface area contributed by atoms with Gasteiger partial charge in [0.1, 0.15) is 0 Å². The van der Waals surface area contributed by atoms with Crippen LogP contribution in [-0.4, -0.2) is 46.6 Å². The molecule has 3 aromatic carbocycles. The molecule has 0 saturated heterocycles. The predicted octanol–water partition coefficient (Wildman–Crippen LogP) is 15.1. The van der Waals surface area contributed by atoms with Gasteiger partial charge in [0.15, 0.2) is 0 Å². The maximum atomic E-state index is 15.1. The van der Waals surface area contributed by atoms with Gasteiger partial charge in [0.25, 0.3) is 0 Å². The Morgan fingerprint density at radius 1 is 0.782 bits per heavy atom. The number of fused-ring (bicyclic) bond motifs is 3. The summed E-state index contributed by atoms with van der Waals surface area (Å²) in [6.07, 6.45) is 42.4. The maximum Gasteiger partial charge on any atom is 0.307 e. The number of hydrogen-bond donors (Lipinski definition) is 5. The van der Waals surface area contributed by atoms with Crippen molar-refractivity contribution in [2.45, 2.75) is 188 Å². The second-order valence-electron chi connectivity index (χ2n) is 32.0. The van der Waals surface area contributed by atoms with Crippen molar-refractivity contribution < 1.29 is 20.1 Å². The van der Waals surface area contributed by atoms with Crippen molar-refractivity contribution >= 4 is 23.2 Å². The van der Waals surface area contributed by atoms with Gasteiger partial charge in [-0.1, -0.05) is 177 Å². The monoisotopic (exact) mass is 1160 g/mol. The molecule has 0 amide bonds. The summed E-state index contributed by atoms with van der Waals surface area (Å²) in [5, 5.41) is 49.4. The van der Waals surface area contributed by atoms with Crippen LogP contribution in [0.1, 0.15) is 177 Å². The molecule has 6 aliphatic heterocycles. The summed E-state index contributed by atoms with van der Waals surface area (Å²) in [6, 6.07) is 25.8. The van der Waals surface area contributed by atoms with Crippen molar-refractivity contribution in [3.05, 3.63) is 182 Å². The molecule has 456 valence electrons. The summed E-state index contributed by atoms with van der Waals surface area (Å²) >= 11 is 0. The van der Waals surface area contributed by atoms with Gasteiger partial charge in [-0.3, -0.25) is 4.79 Å². The molecule has 16 atom stereocenters. The van der Waals surface area contributed by atoms with Crippen molar-refractivity contribution in [2.75, 3.05) is 13.1 Å². The van der Waals surface area contributed by atoms with E-state index in [2.05, 4.69) is 154 Å². The number of carbonyl (C=O) groups is 1. The Balaban J connectivity index is 0.905. The molecule has 6 heteroatoms. The lowest BCUT2D eigenvalue weighted by Gasteiger charge is -2.73. The Hall–Kier alpha value is -5.43. The van der Waals surface area contributed by atoms with Crippen molar-refractivity contribution in [1.82, 2.24) is 10.6 Å². The first-order chi connectivity index (χ1) is 42.0. The summed E-state index contributed by atoms with van der Waals surface area (Å²) in [5.41, 5.74) is 12.8. The predicted molar refractivity (Wildman–Crippen MR) is 351 cm³/mol. The van der Waals surface area contributed by atoms with E-state index < -0.39 is 40.3 Å². The zero-order chi connectivity index (χ0) is 59.5. The first-order valence-electron chi connectivity index (χ1n) is 35.0. The van der Waals surface area contributed by atoms with E-state index in [0.717, 1.165) is 89.5 Å². The molecule has 6 heterocycles. The van der Waals surface area contributed by atoms with Gasteiger partial charge in [0, 0.05) is 46.1 Å². The Morgan fingerprint density at radius 3 is 2.43 bits per heavy atom. The van der Waals surface area contributed by atoms with Gasteiger partial charge < -0.3 is 26.0 Å². The second kappa shape index (κ2) is 20.5. The number of hydrogen-bond acceptors (Lipinski definition) is 5. The summed E-state index contributed by atoms with van der Waals surface area (Å²) in [7, 11) is 0. The number of allylic oxidation sites excluding steroid dienone is 10. The Morgan fingerprint density at radius 2 is 1.61 bits per heavy atom. The van der Waals surface area contributed by atoms with Crippen molar-refractivity contribution in [1.29, 1.82) is 0 Å². The van der Waals surface area contributed by atoms with Crippen LogP contribution < -0.4 is 21.1 Å². The molecule has 14 bridgehead atoms. The number of carboxylic acids is 1. The van der Waals surface area contributed by atoms with Crippen LogP contribution in [0.3, 0.4) is 0 Å². The average Bonchev–Trinajstić information content (AvgIpc) is 1.62. The number of dihydropyridines is 1. The van der Waals surface area contributed by atoms with Crippen LogP contribution in [-0.2, 0) is 17.6 Å². The van der Waals surface area contributed by atoms with Crippen molar-refractivity contribution in [3.8, 4) is 0 Å². The molecule has 3 spiro atoms. The molecule has 87 heavy (non-hydrogen) atoms. The first-order valence-corrected chi connectivity index (χ1v) is 35.0. The third kappa shape index (κ3) is 8.12. The number of nitrogens with one attached hydrogen (secondary N) is 2. The van der Waals surface area contributed by atoms with Crippen LogP contribution >= 0.6 is 0 Å². The van der Waals surface area contributed by atoms with Crippen molar-refractivity contribution in [2.24, 2.45) is 85.2 Å². The van der Waals surface area contributed by atoms with Gasteiger partial charge in [-0.2, -0.15) is 0 Å². The van der Waals surface area contributed by atoms with Gasteiger partial charge in [0.2, 0.25) is 0 Å². The highest BCUT2D eigenvalue weighted by molar-refractivity contribution is 5.78. The number of aliphatic hydroxyl groups excluding tert-OH is 2. The molecule has 0 radical (unpaired) electrons. The molecule has 20 rings (SSSR count). The van der Waals surface area contributed by atoms with E-state index in [1.54, 1.807) is 11.1 Å². The largest absolute Gasteiger partial charge is 0.481 e.